The summed E-state index contributed by atoms with van der Waals surface area (Å²) in [5.41, 5.74) is -0.866. The average molecular weight is 349 g/mol. The Bertz CT molecular complexity index is 702. The summed E-state index contributed by atoms with van der Waals surface area (Å²) in [4.78, 5) is 22.5. The Morgan fingerprint density at radius 2 is 2.12 bits per heavy atom. The van der Waals surface area contributed by atoms with Crippen molar-refractivity contribution in [3.8, 4) is 0 Å². The molecule has 0 aromatic heterocycles. The highest BCUT2D eigenvalue weighted by molar-refractivity contribution is 5.91. The van der Waals surface area contributed by atoms with Gasteiger partial charge in [-0.05, 0) is 42.6 Å². The number of hydrogen-bond donors (Lipinski definition) is 1. The Kier molecular flexibility index (Phi) is 4.42. The molecule has 2 aliphatic rings. The first-order valence-corrected chi connectivity index (χ1v) is 8.33. The minimum Gasteiger partial charge on any atom is -0.733 e. The molecule has 0 spiro atoms. The number of non-ortho nitro benzene ring substituents is 1. The summed E-state index contributed by atoms with van der Waals surface area (Å²) in [5, 5.41) is 30.4. The van der Waals surface area contributed by atoms with E-state index >= 15 is 0 Å². The minimum absolute atomic E-state index is 0.105. The highest BCUT2D eigenvalue weighted by Gasteiger charge is 2.52. The highest BCUT2D eigenvalue weighted by Crippen LogP contribution is 2.59. The summed E-state index contributed by atoms with van der Waals surface area (Å²) in [5.74, 6) is 0.727. The Morgan fingerprint density at radius 1 is 1.40 bits per heavy atom. The van der Waals surface area contributed by atoms with Crippen LogP contribution in [-0.4, -0.2) is 22.7 Å². The first-order valence-electron chi connectivity index (χ1n) is 8.33. The monoisotopic (exact) mass is 349 g/mol. The lowest BCUT2D eigenvalue weighted by Gasteiger charge is -2.37. The minimum atomic E-state index is -0.733. The largest absolute Gasteiger partial charge is 0.733 e. The molecule has 2 saturated carbocycles. The molecular formula is C17H21N2O6-. The second-order valence-corrected chi connectivity index (χ2v) is 7.56. The van der Waals surface area contributed by atoms with Crippen LogP contribution in [0.25, 0.3) is 0 Å². The predicted octanol–water partition coefficient (Wildman–Crippen LogP) is 3.52. The van der Waals surface area contributed by atoms with Crippen molar-refractivity contribution in [1.82, 2.24) is 0 Å². The van der Waals surface area contributed by atoms with E-state index in [0.29, 0.717) is 11.8 Å². The third kappa shape index (κ3) is 3.19. The maximum Gasteiger partial charge on any atom is 0.338 e. The number of anilines is 1. The quantitative estimate of drug-likeness (QED) is 0.491. The fourth-order valence-electron chi connectivity index (χ4n) is 4.50. The molecule has 2 fully saturated rings. The van der Waals surface area contributed by atoms with Crippen LogP contribution < -0.4 is 5.23 Å². The smallest absolute Gasteiger partial charge is 0.338 e. The average Bonchev–Trinajstić information content (AvgIpc) is 3.12. The zero-order valence-electron chi connectivity index (χ0n) is 14.2. The zero-order chi connectivity index (χ0) is 18.4. The molecule has 8 heteroatoms. The van der Waals surface area contributed by atoms with E-state index in [1.54, 1.807) is 0 Å². The Labute approximate surface area is 145 Å². The molecule has 2 aliphatic carbocycles. The molecule has 1 aromatic carbocycles. The summed E-state index contributed by atoms with van der Waals surface area (Å²) in [6, 6.07) is 3.01. The first-order chi connectivity index (χ1) is 11.7. The number of fused-ring (bicyclic) bond motifs is 2. The zero-order valence-corrected chi connectivity index (χ0v) is 14.2. The normalized spacial score (nSPS) is 26.5. The summed E-state index contributed by atoms with van der Waals surface area (Å²) >= 11 is 0. The molecule has 0 saturated heterocycles. The van der Waals surface area contributed by atoms with Crippen LogP contribution in [0.3, 0.4) is 0 Å². The van der Waals surface area contributed by atoms with Gasteiger partial charge in [0.2, 0.25) is 0 Å². The second kappa shape index (κ2) is 6.27. The SMILES string of the molecule is CC1(C)C2CCC(C2)C1COC(=O)c1cc(N([O-])O)cc([N+](=O)[O-])c1. The fraction of sp³-hybridized carbons (Fsp3) is 0.588. The van der Waals surface area contributed by atoms with E-state index in [0.717, 1.165) is 31.0 Å². The van der Waals surface area contributed by atoms with Crippen LogP contribution in [0.4, 0.5) is 11.4 Å². The van der Waals surface area contributed by atoms with Crippen molar-refractivity contribution in [3.05, 3.63) is 39.1 Å². The second-order valence-electron chi connectivity index (χ2n) is 7.56. The lowest BCUT2D eigenvalue weighted by molar-refractivity contribution is -0.384. The summed E-state index contributed by atoms with van der Waals surface area (Å²) < 4.78 is 5.41. The molecule has 0 heterocycles. The van der Waals surface area contributed by atoms with Crippen molar-refractivity contribution in [2.45, 2.75) is 33.1 Å². The van der Waals surface area contributed by atoms with Crippen molar-refractivity contribution >= 4 is 17.3 Å². The maximum absolute atomic E-state index is 12.3. The van der Waals surface area contributed by atoms with Gasteiger partial charge in [0.15, 0.2) is 0 Å². The van der Waals surface area contributed by atoms with Gasteiger partial charge in [0.05, 0.1) is 22.8 Å². The van der Waals surface area contributed by atoms with Crippen molar-refractivity contribution in [3.63, 3.8) is 0 Å². The molecule has 136 valence electrons. The van der Waals surface area contributed by atoms with Crippen LogP contribution in [0.1, 0.15) is 43.5 Å². The molecule has 3 unspecified atom stereocenters. The van der Waals surface area contributed by atoms with Gasteiger partial charge in [-0.25, -0.2) is 4.79 Å². The number of nitro benzene ring substituents is 1. The molecule has 3 rings (SSSR count). The van der Waals surface area contributed by atoms with Crippen molar-refractivity contribution in [2.24, 2.45) is 23.2 Å². The number of carbonyl (C=O) groups is 1. The number of carbonyl (C=O) groups excluding carboxylic acids is 1. The Hall–Kier alpha value is -2.19. The molecule has 25 heavy (non-hydrogen) atoms. The number of rotatable bonds is 5. The summed E-state index contributed by atoms with van der Waals surface area (Å²) in [6.07, 6.45) is 3.52. The van der Waals surface area contributed by atoms with Gasteiger partial charge in [-0.3, -0.25) is 15.3 Å². The van der Waals surface area contributed by atoms with Gasteiger partial charge >= 0.3 is 5.97 Å². The number of esters is 1. The molecule has 8 nitrogen and oxygen atoms in total. The fourth-order valence-corrected chi connectivity index (χ4v) is 4.50. The van der Waals surface area contributed by atoms with Crippen LogP contribution in [-0.2, 0) is 4.74 Å². The van der Waals surface area contributed by atoms with Gasteiger partial charge in [0.1, 0.15) is 0 Å². The van der Waals surface area contributed by atoms with Crippen LogP contribution in [0.15, 0.2) is 18.2 Å². The molecule has 2 bridgehead atoms. The predicted molar refractivity (Wildman–Crippen MR) is 89.1 cm³/mol. The van der Waals surface area contributed by atoms with Crippen LogP contribution in [0.5, 0.6) is 0 Å². The number of nitrogens with zero attached hydrogens (tertiary/aromatic N) is 2. The lowest BCUT2D eigenvalue weighted by Crippen LogP contribution is -2.34. The standard InChI is InChI=1S/C17H21N2O6/c1-17(2)12-4-3-10(5-12)15(17)9-25-16(20)11-6-13(18(21)22)8-14(7-11)19(23)24/h6-8,10,12,15,21H,3-5,9H2,1-2H3/q-1. The Balaban J connectivity index is 1.74. The molecule has 1 N–H and O–H groups in total. The van der Waals surface area contributed by atoms with E-state index in [9.17, 15) is 20.1 Å². The first kappa shape index (κ1) is 17.6. The van der Waals surface area contributed by atoms with Gasteiger partial charge in [-0.15, -0.1) is 0 Å². The lowest BCUT2D eigenvalue weighted by atomic mass is 9.69. The van der Waals surface area contributed by atoms with Crippen LogP contribution in [0.2, 0.25) is 0 Å². The summed E-state index contributed by atoms with van der Waals surface area (Å²) in [6.45, 7) is 4.65. The van der Waals surface area contributed by atoms with E-state index in [1.165, 1.54) is 6.42 Å². The molecule has 0 radical (unpaired) electrons. The highest BCUT2D eigenvalue weighted by atomic mass is 16.8. The van der Waals surface area contributed by atoms with Gasteiger partial charge < -0.3 is 15.2 Å². The number of ether oxygens (including phenoxy) is 1. The van der Waals surface area contributed by atoms with E-state index in [2.05, 4.69) is 13.8 Å². The van der Waals surface area contributed by atoms with Gasteiger partial charge in [-0.2, -0.15) is 0 Å². The van der Waals surface area contributed by atoms with Crippen molar-refractivity contribution < 1.29 is 19.7 Å². The summed E-state index contributed by atoms with van der Waals surface area (Å²) in [7, 11) is 0. The molecule has 0 amide bonds. The third-order valence-electron chi connectivity index (χ3n) is 6.01. The number of benzene rings is 1. The van der Waals surface area contributed by atoms with E-state index in [4.69, 9.17) is 9.94 Å². The third-order valence-corrected chi connectivity index (χ3v) is 6.01. The van der Waals surface area contributed by atoms with Crippen LogP contribution in [0, 0.1) is 38.5 Å². The molecular weight excluding hydrogens is 328 g/mol. The molecule has 1 aromatic rings. The molecule has 0 aliphatic heterocycles. The van der Waals surface area contributed by atoms with Crippen molar-refractivity contribution in [2.75, 3.05) is 11.8 Å². The van der Waals surface area contributed by atoms with E-state index in [-0.39, 0.29) is 29.2 Å². The topological polar surface area (TPSA) is 116 Å². The number of hydrogen-bond acceptors (Lipinski definition) is 7. The van der Waals surface area contributed by atoms with E-state index in [1.807, 2.05) is 0 Å². The molecule has 3 atom stereocenters. The van der Waals surface area contributed by atoms with Crippen molar-refractivity contribution in [1.29, 1.82) is 0 Å². The van der Waals surface area contributed by atoms with E-state index < -0.39 is 21.8 Å². The van der Waals surface area contributed by atoms with Gasteiger partial charge in [-0.1, -0.05) is 13.8 Å². The maximum atomic E-state index is 12.3. The van der Waals surface area contributed by atoms with Gasteiger partial charge in [0.25, 0.3) is 5.69 Å². The number of nitro groups is 1. The Morgan fingerprint density at radius 3 is 2.68 bits per heavy atom. The van der Waals surface area contributed by atoms with Crippen LogP contribution >= 0.6 is 0 Å². The van der Waals surface area contributed by atoms with Gasteiger partial charge in [0, 0.05) is 18.1 Å².